The van der Waals surface area contributed by atoms with E-state index < -0.39 is 17.8 Å². The maximum absolute atomic E-state index is 12.6. The van der Waals surface area contributed by atoms with Gasteiger partial charge in [-0.05, 0) is 39.2 Å². The number of nitrogens with one attached hydrogen (secondary N) is 1. The Labute approximate surface area is 114 Å². The molecule has 0 unspecified atom stereocenters. The van der Waals surface area contributed by atoms with Gasteiger partial charge >= 0.3 is 12.1 Å². The number of alkyl halides is 3. The van der Waals surface area contributed by atoms with E-state index >= 15 is 0 Å². The third-order valence-electron chi connectivity index (χ3n) is 2.49. The van der Waals surface area contributed by atoms with E-state index in [2.05, 4.69) is 10.3 Å². The number of anilines is 1. The molecular weight excluding hydrogens is 275 g/mol. The molecule has 0 aliphatic rings. The summed E-state index contributed by atoms with van der Waals surface area (Å²) in [7, 11) is 3.73. The molecule has 0 saturated carbocycles. The largest absolute Gasteiger partial charge is 0.478 e. The summed E-state index contributed by atoms with van der Waals surface area (Å²) in [6.45, 7) is 1.07. The number of carboxylic acids is 1. The molecule has 20 heavy (non-hydrogen) atoms. The molecule has 2 N–H and O–H groups in total. The fourth-order valence-corrected chi connectivity index (χ4v) is 1.53. The summed E-state index contributed by atoms with van der Waals surface area (Å²) in [6.07, 6.45) is -3.94. The minimum atomic E-state index is -4.60. The zero-order valence-corrected chi connectivity index (χ0v) is 11.2. The Balaban J connectivity index is 2.87. The standard InChI is InChI=1S/C12H16F3N3O2/c1-18(2)7-3-6-16-10-8(11(19)20)4-5-9(17-10)12(13,14)15/h4-5H,3,6-7H2,1-2H3,(H,16,17)(H,19,20). The molecule has 0 radical (unpaired) electrons. The van der Waals surface area contributed by atoms with Crippen LogP contribution in [0.15, 0.2) is 12.1 Å². The quantitative estimate of drug-likeness (QED) is 0.786. The van der Waals surface area contributed by atoms with Crippen LogP contribution in [0.4, 0.5) is 19.0 Å². The van der Waals surface area contributed by atoms with E-state index in [0.717, 1.165) is 12.6 Å². The van der Waals surface area contributed by atoms with E-state index in [1.807, 2.05) is 19.0 Å². The molecule has 112 valence electrons. The number of hydrogen-bond donors (Lipinski definition) is 2. The first-order valence-electron chi connectivity index (χ1n) is 5.92. The van der Waals surface area contributed by atoms with Crippen LogP contribution in [0.25, 0.3) is 0 Å². The second-order valence-corrected chi connectivity index (χ2v) is 4.48. The summed E-state index contributed by atoms with van der Waals surface area (Å²) < 4.78 is 37.7. The molecular formula is C12H16F3N3O2. The first-order chi connectivity index (χ1) is 9.21. The Bertz CT molecular complexity index is 476. The van der Waals surface area contributed by atoms with Gasteiger partial charge < -0.3 is 15.3 Å². The SMILES string of the molecule is CN(C)CCCNc1nc(C(F)(F)F)ccc1C(=O)O. The van der Waals surface area contributed by atoms with Gasteiger partial charge in [-0.2, -0.15) is 13.2 Å². The molecule has 1 aromatic heterocycles. The Kier molecular flexibility index (Phi) is 5.32. The minimum Gasteiger partial charge on any atom is -0.478 e. The van der Waals surface area contributed by atoms with Gasteiger partial charge in [0.25, 0.3) is 0 Å². The number of halogens is 3. The number of nitrogens with zero attached hydrogens (tertiary/aromatic N) is 2. The molecule has 0 spiro atoms. The van der Waals surface area contributed by atoms with Crippen molar-refractivity contribution in [3.63, 3.8) is 0 Å². The van der Waals surface area contributed by atoms with Crippen LogP contribution in [-0.2, 0) is 6.18 Å². The van der Waals surface area contributed by atoms with Crippen LogP contribution < -0.4 is 5.32 Å². The van der Waals surface area contributed by atoms with E-state index in [1.54, 1.807) is 0 Å². The highest BCUT2D eigenvalue weighted by atomic mass is 19.4. The van der Waals surface area contributed by atoms with Gasteiger partial charge in [-0.15, -0.1) is 0 Å². The van der Waals surface area contributed by atoms with Gasteiger partial charge in [-0.3, -0.25) is 0 Å². The first kappa shape index (κ1) is 16.2. The van der Waals surface area contributed by atoms with Crippen molar-refractivity contribution < 1.29 is 23.1 Å². The number of rotatable bonds is 6. The molecule has 0 fully saturated rings. The Morgan fingerprint density at radius 2 is 2.05 bits per heavy atom. The third-order valence-corrected chi connectivity index (χ3v) is 2.49. The van der Waals surface area contributed by atoms with E-state index in [-0.39, 0.29) is 11.4 Å². The van der Waals surface area contributed by atoms with Crippen LogP contribution in [0, 0.1) is 0 Å². The number of pyridine rings is 1. The van der Waals surface area contributed by atoms with Crippen molar-refractivity contribution >= 4 is 11.8 Å². The molecule has 1 aromatic rings. The van der Waals surface area contributed by atoms with E-state index in [9.17, 15) is 18.0 Å². The number of carboxylic acid groups (broad SMARTS) is 1. The van der Waals surface area contributed by atoms with Crippen LogP contribution in [0.3, 0.4) is 0 Å². The van der Waals surface area contributed by atoms with Crippen LogP contribution in [0.2, 0.25) is 0 Å². The predicted octanol–water partition coefficient (Wildman–Crippen LogP) is 2.16. The van der Waals surface area contributed by atoms with Crippen molar-refractivity contribution in [2.75, 3.05) is 32.5 Å². The van der Waals surface area contributed by atoms with E-state index in [0.29, 0.717) is 19.0 Å². The summed E-state index contributed by atoms with van der Waals surface area (Å²) in [4.78, 5) is 16.2. The van der Waals surface area contributed by atoms with Crippen molar-refractivity contribution in [2.45, 2.75) is 12.6 Å². The summed E-state index contributed by atoms with van der Waals surface area (Å²) in [6, 6.07) is 1.57. The molecule has 0 amide bonds. The summed E-state index contributed by atoms with van der Waals surface area (Å²) in [5, 5.41) is 11.6. The van der Waals surface area contributed by atoms with Gasteiger partial charge in [0, 0.05) is 6.54 Å². The molecule has 0 aromatic carbocycles. The molecule has 5 nitrogen and oxygen atoms in total. The molecule has 0 aliphatic heterocycles. The highest BCUT2D eigenvalue weighted by Crippen LogP contribution is 2.29. The van der Waals surface area contributed by atoms with Gasteiger partial charge in [0.2, 0.25) is 0 Å². The number of aromatic carboxylic acids is 1. The summed E-state index contributed by atoms with van der Waals surface area (Å²) in [5.74, 6) is -1.58. The van der Waals surface area contributed by atoms with Gasteiger partial charge in [-0.1, -0.05) is 0 Å². The summed E-state index contributed by atoms with van der Waals surface area (Å²) >= 11 is 0. The van der Waals surface area contributed by atoms with Crippen LogP contribution in [0.5, 0.6) is 0 Å². The lowest BCUT2D eigenvalue weighted by Crippen LogP contribution is -2.18. The minimum absolute atomic E-state index is 0.258. The molecule has 0 aliphatic carbocycles. The second-order valence-electron chi connectivity index (χ2n) is 4.48. The van der Waals surface area contributed by atoms with Gasteiger partial charge in [-0.25, -0.2) is 9.78 Å². The van der Waals surface area contributed by atoms with E-state index in [4.69, 9.17) is 5.11 Å². The zero-order chi connectivity index (χ0) is 15.3. The lowest BCUT2D eigenvalue weighted by Gasteiger charge is -2.13. The normalized spacial score (nSPS) is 11.7. The van der Waals surface area contributed by atoms with Crippen molar-refractivity contribution in [1.29, 1.82) is 0 Å². The monoisotopic (exact) mass is 291 g/mol. The Morgan fingerprint density at radius 3 is 2.55 bits per heavy atom. The van der Waals surface area contributed by atoms with Crippen LogP contribution in [-0.4, -0.2) is 48.1 Å². The molecule has 0 atom stereocenters. The number of carbonyl (C=O) groups is 1. The third kappa shape index (κ3) is 4.69. The summed E-state index contributed by atoms with van der Waals surface area (Å²) in [5.41, 5.74) is -1.39. The zero-order valence-electron chi connectivity index (χ0n) is 11.2. The smallest absolute Gasteiger partial charge is 0.433 e. The lowest BCUT2D eigenvalue weighted by molar-refractivity contribution is -0.141. The maximum Gasteiger partial charge on any atom is 0.433 e. The Morgan fingerprint density at radius 1 is 1.40 bits per heavy atom. The van der Waals surface area contributed by atoms with Crippen molar-refractivity contribution in [3.8, 4) is 0 Å². The highest BCUT2D eigenvalue weighted by molar-refractivity contribution is 5.93. The molecule has 1 rings (SSSR count). The predicted molar refractivity (Wildman–Crippen MR) is 67.9 cm³/mol. The van der Waals surface area contributed by atoms with Gasteiger partial charge in [0.15, 0.2) is 0 Å². The van der Waals surface area contributed by atoms with Crippen molar-refractivity contribution in [3.05, 3.63) is 23.4 Å². The number of hydrogen-bond acceptors (Lipinski definition) is 4. The molecule has 8 heteroatoms. The van der Waals surface area contributed by atoms with Gasteiger partial charge in [0.1, 0.15) is 17.1 Å². The maximum atomic E-state index is 12.6. The highest BCUT2D eigenvalue weighted by Gasteiger charge is 2.33. The Hall–Kier alpha value is -1.83. The van der Waals surface area contributed by atoms with E-state index in [1.165, 1.54) is 0 Å². The fraction of sp³-hybridized carbons (Fsp3) is 0.500. The topological polar surface area (TPSA) is 65.5 Å². The van der Waals surface area contributed by atoms with Crippen LogP contribution in [0.1, 0.15) is 22.5 Å². The molecule has 0 bridgehead atoms. The second kappa shape index (κ2) is 6.56. The molecule has 0 saturated heterocycles. The lowest BCUT2D eigenvalue weighted by atomic mass is 10.2. The molecule has 1 heterocycles. The average Bonchev–Trinajstić information content (AvgIpc) is 2.32. The van der Waals surface area contributed by atoms with Gasteiger partial charge in [0.05, 0.1) is 0 Å². The van der Waals surface area contributed by atoms with Crippen molar-refractivity contribution in [1.82, 2.24) is 9.88 Å². The van der Waals surface area contributed by atoms with Crippen LogP contribution >= 0.6 is 0 Å². The number of aromatic nitrogens is 1. The first-order valence-corrected chi connectivity index (χ1v) is 5.92. The van der Waals surface area contributed by atoms with Crippen molar-refractivity contribution in [2.24, 2.45) is 0 Å². The average molecular weight is 291 g/mol. The fourth-order valence-electron chi connectivity index (χ4n) is 1.53.